The van der Waals surface area contributed by atoms with Gasteiger partial charge in [0.15, 0.2) is 0 Å². The maximum Gasteiger partial charge on any atom is 0.336 e. The van der Waals surface area contributed by atoms with Crippen molar-refractivity contribution in [3.05, 3.63) is 38.4 Å². The third-order valence-electron chi connectivity index (χ3n) is 3.59. The van der Waals surface area contributed by atoms with Crippen LogP contribution in [0.2, 0.25) is 0 Å². The zero-order chi connectivity index (χ0) is 22.0. The van der Waals surface area contributed by atoms with Crippen LogP contribution in [0.25, 0.3) is 0 Å². The van der Waals surface area contributed by atoms with E-state index in [-0.39, 0.29) is 23.1 Å². The zero-order valence-corrected chi connectivity index (χ0v) is 17.1. The Morgan fingerprint density at radius 3 is 2.41 bits per heavy atom. The third-order valence-corrected chi connectivity index (χ3v) is 5.92. The van der Waals surface area contributed by atoms with E-state index in [1.165, 1.54) is 10.7 Å². The molecule has 1 aromatic heterocycles. The highest BCUT2D eigenvalue weighted by Gasteiger charge is 2.31. The van der Waals surface area contributed by atoms with E-state index in [9.17, 15) is 33.2 Å². The van der Waals surface area contributed by atoms with Gasteiger partial charge in [0.2, 0.25) is 5.16 Å². The van der Waals surface area contributed by atoms with Crippen molar-refractivity contribution in [1.29, 1.82) is 0 Å². The van der Waals surface area contributed by atoms with Crippen molar-refractivity contribution in [2.45, 2.75) is 42.9 Å². The Hall–Kier alpha value is -2.69. The second-order valence-electron chi connectivity index (χ2n) is 6.67. The Bertz CT molecular complexity index is 1030. The summed E-state index contributed by atoms with van der Waals surface area (Å²) in [5, 5.41) is 33.1. The second kappa shape index (κ2) is 8.36. The molecule has 2 rings (SSSR count). The van der Waals surface area contributed by atoms with Crippen molar-refractivity contribution in [3.8, 4) is 0 Å². The summed E-state index contributed by atoms with van der Waals surface area (Å²) >= 11 is 0.795. The highest BCUT2D eigenvalue weighted by Crippen LogP contribution is 2.35. The Morgan fingerprint density at radius 2 is 1.90 bits per heavy atom. The fraction of sp³-hybridized carbons (Fsp3) is 0.462. The molecular weight excluding hydrogens is 430 g/mol. The maximum atomic E-state index is 11.6. The van der Waals surface area contributed by atoms with Gasteiger partial charge in [0.25, 0.3) is 11.4 Å². The van der Waals surface area contributed by atoms with Gasteiger partial charge in [-0.05, 0) is 49.0 Å². The first-order chi connectivity index (χ1) is 13.3. The van der Waals surface area contributed by atoms with Crippen molar-refractivity contribution in [2.75, 3.05) is 6.54 Å². The number of hydrogen-bond donors (Lipinski definition) is 1. The largest absolute Gasteiger partial charge is 0.336 e. The minimum atomic E-state index is -4.49. The van der Waals surface area contributed by atoms with Crippen molar-refractivity contribution in [3.63, 3.8) is 0 Å². The summed E-state index contributed by atoms with van der Waals surface area (Å²) < 4.78 is 34.7. The van der Waals surface area contributed by atoms with Gasteiger partial charge < -0.3 is 0 Å². The molecule has 0 saturated carbocycles. The summed E-state index contributed by atoms with van der Waals surface area (Å²) in [5.41, 5.74) is -1.84. The fourth-order valence-electron chi connectivity index (χ4n) is 2.34. The maximum absolute atomic E-state index is 11.6. The van der Waals surface area contributed by atoms with Gasteiger partial charge in [-0.3, -0.25) is 24.8 Å². The van der Waals surface area contributed by atoms with Crippen molar-refractivity contribution in [2.24, 2.45) is 0 Å². The predicted molar refractivity (Wildman–Crippen MR) is 99.7 cm³/mol. The molecule has 0 aliphatic carbocycles. The van der Waals surface area contributed by atoms with Crippen LogP contribution in [0, 0.1) is 20.2 Å². The Morgan fingerprint density at radius 1 is 1.24 bits per heavy atom. The molecule has 0 bridgehead atoms. The van der Waals surface area contributed by atoms with Crippen LogP contribution in [0.3, 0.4) is 0 Å². The highest BCUT2D eigenvalue weighted by molar-refractivity contribution is 7.99. The SMILES string of the molecule is CC(C)(C)N(CCn1nnnc1Sc1ccc([N+](=O)[O-])cc1[N+](=O)[O-])S(=O)(=O)O. The minimum Gasteiger partial charge on any atom is -0.273 e. The number of hydrogen-bond acceptors (Lipinski definition) is 10. The van der Waals surface area contributed by atoms with E-state index < -0.39 is 37.1 Å². The number of nitro benzene ring substituents is 2. The Labute approximate surface area is 169 Å². The summed E-state index contributed by atoms with van der Waals surface area (Å²) in [6.07, 6.45) is 0. The lowest BCUT2D eigenvalue weighted by Gasteiger charge is -2.31. The van der Waals surface area contributed by atoms with Crippen LogP contribution in [0.4, 0.5) is 11.4 Å². The first-order valence-corrected chi connectivity index (χ1v) is 10.1. The van der Waals surface area contributed by atoms with E-state index in [0.717, 1.165) is 28.2 Å². The smallest absolute Gasteiger partial charge is 0.273 e. The molecule has 29 heavy (non-hydrogen) atoms. The molecule has 0 aliphatic rings. The fourth-order valence-corrected chi connectivity index (χ4v) is 4.22. The number of nitro groups is 2. The van der Waals surface area contributed by atoms with Gasteiger partial charge in [-0.1, -0.05) is 0 Å². The van der Waals surface area contributed by atoms with Crippen molar-refractivity contribution >= 4 is 33.4 Å². The monoisotopic (exact) mass is 447 g/mol. The lowest BCUT2D eigenvalue weighted by atomic mass is 10.1. The van der Waals surface area contributed by atoms with E-state index in [2.05, 4.69) is 15.5 Å². The average molecular weight is 447 g/mol. The molecule has 16 heteroatoms. The van der Waals surface area contributed by atoms with E-state index in [4.69, 9.17) is 0 Å². The predicted octanol–water partition coefficient (Wildman–Crippen LogP) is 1.54. The van der Waals surface area contributed by atoms with Gasteiger partial charge in [0.1, 0.15) is 0 Å². The van der Waals surface area contributed by atoms with E-state index in [1.54, 1.807) is 20.8 Å². The molecule has 1 N–H and O–H groups in total. The van der Waals surface area contributed by atoms with Crippen LogP contribution >= 0.6 is 11.8 Å². The summed E-state index contributed by atoms with van der Waals surface area (Å²) in [4.78, 5) is 20.7. The van der Waals surface area contributed by atoms with Gasteiger partial charge in [-0.25, -0.2) is 4.68 Å². The Balaban J connectivity index is 2.27. The summed E-state index contributed by atoms with van der Waals surface area (Å²) in [6, 6.07) is 3.15. The first kappa shape index (κ1) is 22.6. The topological polar surface area (TPSA) is 187 Å². The summed E-state index contributed by atoms with van der Waals surface area (Å²) in [6.45, 7) is 4.57. The molecular formula is C13H17N7O7S2. The van der Waals surface area contributed by atoms with Gasteiger partial charge >= 0.3 is 10.3 Å². The van der Waals surface area contributed by atoms with Gasteiger partial charge in [-0.2, -0.15) is 12.7 Å². The zero-order valence-electron chi connectivity index (χ0n) is 15.5. The quantitative estimate of drug-likeness (QED) is 0.351. The third kappa shape index (κ3) is 5.66. The van der Waals surface area contributed by atoms with E-state index >= 15 is 0 Å². The number of tetrazole rings is 1. The van der Waals surface area contributed by atoms with Crippen LogP contribution in [0.1, 0.15) is 20.8 Å². The summed E-state index contributed by atoms with van der Waals surface area (Å²) in [7, 11) is -4.49. The normalized spacial score (nSPS) is 12.3. The number of non-ortho nitro benzene ring substituents is 1. The molecule has 14 nitrogen and oxygen atoms in total. The molecule has 1 heterocycles. The molecule has 0 unspecified atom stereocenters. The van der Waals surface area contributed by atoms with Crippen molar-refractivity contribution < 1.29 is 22.8 Å². The second-order valence-corrected chi connectivity index (χ2v) is 9.02. The number of rotatable bonds is 8. The average Bonchev–Trinajstić information content (AvgIpc) is 2.99. The lowest BCUT2D eigenvalue weighted by molar-refractivity contribution is -0.396. The van der Waals surface area contributed by atoms with E-state index in [0.29, 0.717) is 0 Å². The van der Waals surface area contributed by atoms with Gasteiger partial charge in [0.05, 0.1) is 27.4 Å². The van der Waals surface area contributed by atoms with Gasteiger partial charge in [0, 0.05) is 18.2 Å². The molecule has 158 valence electrons. The highest BCUT2D eigenvalue weighted by atomic mass is 32.2. The van der Waals surface area contributed by atoms with Crippen molar-refractivity contribution in [1.82, 2.24) is 24.5 Å². The first-order valence-electron chi connectivity index (χ1n) is 7.93. The standard InChI is InChI=1S/C13H17N7O7S2/c1-13(2,3)18(29(25,26)27)7-6-17-12(14-15-16-17)28-11-5-4-9(19(21)22)8-10(11)20(23)24/h4-5,8H,6-7H2,1-3H3,(H,25,26,27). The van der Waals surface area contributed by atoms with E-state index in [1.807, 2.05) is 0 Å². The molecule has 0 spiro atoms. The summed E-state index contributed by atoms with van der Waals surface area (Å²) in [5.74, 6) is 0. The Kier molecular flexibility index (Phi) is 6.51. The molecule has 0 fully saturated rings. The van der Waals surface area contributed by atoms with Crippen LogP contribution in [-0.4, -0.2) is 59.4 Å². The molecule has 2 aromatic rings. The molecule has 0 atom stereocenters. The number of benzene rings is 1. The number of nitrogens with zero attached hydrogens (tertiary/aromatic N) is 7. The molecule has 1 aromatic carbocycles. The molecule has 0 radical (unpaired) electrons. The molecule has 0 amide bonds. The van der Waals surface area contributed by atoms with Gasteiger partial charge in [-0.15, -0.1) is 5.10 Å². The minimum absolute atomic E-state index is 0.0484. The molecule has 0 saturated heterocycles. The van der Waals surface area contributed by atoms with Crippen LogP contribution in [-0.2, 0) is 16.8 Å². The van der Waals surface area contributed by atoms with Crippen LogP contribution < -0.4 is 0 Å². The van der Waals surface area contributed by atoms with Crippen LogP contribution in [0.15, 0.2) is 28.3 Å². The lowest BCUT2D eigenvalue weighted by Crippen LogP contribution is -2.46. The molecule has 0 aliphatic heterocycles. The number of aromatic nitrogens is 4. The van der Waals surface area contributed by atoms with Crippen LogP contribution in [0.5, 0.6) is 0 Å².